The lowest BCUT2D eigenvalue weighted by Crippen LogP contribution is -2.14. The fourth-order valence-corrected chi connectivity index (χ4v) is 2.13. The van der Waals surface area contributed by atoms with Crippen LogP contribution in [-0.2, 0) is 0 Å². The number of aromatic nitrogens is 1. The molecule has 1 aromatic carbocycles. The minimum atomic E-state index is -0.179. The van der Waals surface area contributed by atoms with Gasteiger partial charge in [-0.05, 0) is 56.0 Å². The van der Waals surface area contributed by atoms with Crippen LogP contribution in [0, 0.1) is 13.8 Å². The third kappa shape index (κ3) is 3.40. The highest BCUT2D eigenvalue weighted by Gasteiger charge is 2.20. The van der Waals surface area contributed by atoms with Gasteiger partial charge in [-0.1, -0.05) is 12.1 Å². The minimum absolute atomic E-state index is 0.179. The molecule has 1 fully saturated rings. The lowest BCUT2D eigenvalue weighted by molar-refractivity contribution is 0.102. The van der Waals surface area contributed by atoms with Crippen LogP contribution in [0.4, 0.5) is 11.4 Å². The summed E-state index contributed by atoms with van der Waals surface area (Å²) in [4.78, 5) is 16.5. The van der Waals surface area contributed by atoms with Crippen LogP contribution in [0.3, 0.4) is 0 Å². The molecule has 21 heavy (non-hydrogen) atoms. The molecule has 0 saturated heterocycles. The number of nitrogens with zero attached hydrogens (tertiary/aromatic N) is 1. The highest BCUT2D eigenvalue weighted by atomic mass is 16.1. The predicted octanol–water partition coefficient (Wildman–Crippen LogP) is 3.53. The molecule has 2 aromatic rings. The van der Waals surface area contributed by atoms with E-state index in [1.807, 2.05) is 38.1 Å². The summed E-state index contributed by atoms with van der Waals surface area (Å²) in [6.45, 7) is 3.98. The summed E-state index contributed by atoms with van der Waals surface area (Å²) in [5, 5.41) is 6.27. The number of aryl methyl sites for hydroxylation is 2. The van der Waals surface area contributed by atoms with Crippen molar-refractivity contribution in [2.45, 2.75) is 32.7 Å². The Bertz CT molecular complexity index is 660. The zero-order valence-corrected chi connectivity index (χ0v) is 12.3. The lowest BCUT2D eigenvalue weighted by Gasteiger charge is -2.09. The number of pyridine rings is 1. The second kappa shape index (κ2) is 5.56. The Morgan fingerprint density at radius 2 is 2.00 bits per heavy atom. The van der Waals surface area contributed by atoms with Crippen LogP contribution in [0.5, 0.6) is 0 Å². The van der Waals surface area contributed by atoms with Gasteiger partial charge in [-0.15, -0.1) is 0 Å². The monoisotopic (exact) mass is 281 g/mol. The maximum Gasteiger partial charge on any atom is 0.274 e. The molecule has 1 aromatic heterocycles. The van der Waals surface area contributed by atoms with Crippen LogP contribution in [0.15, 0.2) is 36.5 Å². The molecule has 2 N–H and O–H groups in total. The van der Waals surface area contributed by atoms with Gasteiger partial charge in [0, 0.05) is 11.7 Å². The Morgan fingerprint density at radius 1 is 1.19 bits per heavy atom. The van der Waals surface area contributed by atoms with Gasteiger partial charge in [0.25, 0.3) is 5.91 Å². The average molecular weight is 281 g/mol. The summed E-state index contributed by atoms with van der Waals surface area (Å²) in [5.74, 6) is -0.179. The minimum Gasteiger partial charge on any atom is -0.381 e. The molecule has 3 rings (SSSR count). The van der Waals surface area contributed by atoms with Crippen molar-refractivity contribution in [1.29, 1.82) is 0 Å². The first-order valence-corrected chi connectivity index (χ1v) is 7.23. The van der Waals surface area contributed by atoms with E-state index in [1.165, 1.54) is 12.8 Å². The van der Waals surface area contributed by atoms with Crippen molar-refractivity contribution in [2.24, 2.45) is 0 Å². The average Bonchev–Trinajstić information content (AvgIpc) is 3.27. The zero-order valence-electron chi connectivity index (χ0n) is 12.3. The first-order valence-electron chi connectivity index (χ1n) is 7.23. The van der Waals surface area contributed by atoms with Gasteiger partial charge in [0.1, 0.15) is 5.69 Å². The van der Waals surface area contributed by atoms with Gasteiger partial charge in [0.15, 0.2) is 0 Å². The molecule has 0 radical (unpaired) electrons. The Hall–Kier alpha value is -2.36. The number of rotatable bonds is 4. The van der Waals surface area contributed by atoms with Gasteiger partial charge in [0.2, 0.25) is 0 Å². The Labute approximate surface area is 124 Å². The summed E-state index contributed by atoms with van der Waals surface area (Å²) in [6, 6.07) is 10.2. The van der Waals surface area contributed by atoms with Crippen molar-refractivity contribution in [3.63, 3.8) is 0 Å². The predicted molar refractivity (Wildman–Crippen MR) is 84.8 cm³/mol. The summed E-state index contributed by atoms with van der Waals surface area (Å²) in [7, 11) is 0. The van der Waals surface area contributed by atoms with Crippen LogP contribution >= 0.6 is 0 Å². The first kappa shape index (κ1) is 13.6. The zero-order chi connectivity index (χ0) is 14.8. The summed E-state index contributed by atoms with van der Waals surface area (Å²) in [5.41, 5.74) is 4.40. The quantitative estimate of drug-likeness (QED) is 0.901. The van der Waals surface area contributed by atoms with E-state index in [4.69, 9.17) is 0 Å². The van der Waals surface area contributed by atoms with Gasteiger partial charge in [-0.25, -0.2) is 4.98 Å². The van der Waals surface area contributed by atoms with Crippen molar-refractivity contribution >= 4 is 17.3 Å². The number of benzene rings is 1. The number of hydrogen-bond donors (Lipinski definition) is 2. The molecule has 0 bridgehead atoms. The molecule has 0 spiro atoms. The van der Waals surface area contributed by atoms with E-state index >= 15 is 0 Å². The van der Waals surface area contributed by atoms with Gasteiger partial charge in [-0.2, -0.15) is 0 Å². The molecule has 1 saturated carbocycles. The largest absolute Gasteiger partial charge is 0.381 e. The number of carbonyl (C=O) groups excluding carboxylic acids is 1. The normalized spacial score (nSPS) is 13.8. The highest BCUT2D eigenvalue weighted by molar-refractivity contribution is 6.03. The van der Waals surface area contributed by atoms with E-state index in [1.54, 1.807) is 12.3 Å². The first-order chi connectivity index (χ1) is 10.1. The van der Waals surface area contributed by atoms with Crippen LogP contribution in [0.25, 0.3) is 0 Å². The third-order valence-electron chi connectivity index (χ3n) is 3.59. The molecule has 1 aliphatic rings. The van der Waals surface area contributed by atoms with Crippen LogP contribution in [0.2, 0.25) is 0 Å². The van der Waals surface area contributed by atoms with Crippen LogP contribution < -0.4 is 10.6 Å². The van der Waals surface area contributed by atoms with E-state index in [0.717, 1.165) is 22.5 Å². The molecule has 0 unspecified atom stereocenters. The Kier molecular flexibility index (Phi) is 3.60. The van der Waals surface area contributed by atoms with Crippen molar-refractivity contribution in [3.05, 3.63) is 53.3 Å². The summed E-state index contributed by atoms with van der Waals surface area (Å²) < 4.78 is 0. The molecule has 0 atom stereocenters. The summed E-state index contributed by atoms with van der Waals surface area (Å²) in [6.07, 6.45) is 4.15. The van der Waals surface area contributed by atoms with Crippen molar-refractivity contribution in [3.8, 4) is 0 Å². The van der Waals surface area contributed by atoms with Crippen molar-refractivity contribution in [1.82, 2.24) is 4.98 Å². The van der Waals surface area contributed by atoms with Crippen molar-refractivity contribution in [2.75, 3.05) is 10.6 Å². The fourth-order valence-electron chi connectivity index (χ4n) is 2.13. The van der Waals surface area contributed by atoms with Gasteiger partial charge in [-0.3, -0.25) is 4.79 Å². The SMILES string of the molecule is Cc1ccc(C)c(NC(=O)c2ccc(NC3CC3)cn2)c1. The molecule has 108 valence electrons. The van der Waals surface area contributed by atoms with E-state index < -0.39 is 0 Å². The maximum atomic E-state index is 12.2. The molecule has 4 heteroatoms. The van der Waals surface area contributed by atoms with Gasteiger partial charge >= 0.3 is 0 Å². The smallest absolute Gasteiger partial charge is 0.274 e. The van der Waals surface area contributed by atoms with E-state index in [9.17, 15) is 4.79 Å². The number of carbonyl (C=O) groups is 1. The maximum absolute atomic E-state index is 12.2. The molecule has 1 heterocycles. The summed E-state index contributed by atoms with van der Waals surface area (Å²) >= 11 is 0. The highest BCUT2D eigenvalue weighted by Crippen LogP contribution is 2.24. The molecule has 0 aliphatic heterocycles. The van der Waals surface area contributed by atoms with Crippen LogP contribution in [0.1, 0.15) is 34.5 Å². The second-order valence-corrected chi connectivity index (χ2v) is 5.62. The topological polar surface area (TPSA) is 54.0 Å². The molecule has 1 aliphatic carbocycles. The van der Waals surface area contributed by atoms with Crippen LogP contribution in [-0.4, -0.2) is 16.9 Å². The number of anilines is 2. The molecule has 1 amide bonds. The van der Waals surface area contributed by atoms with E-state index in [-0.39, 0.29) is 5.91 Å². The third-order valence-corrected chi connectivity index (χ3v) is 3.59. The standard InChI is InChI=1S/C17H19N3O/c1-11-3-4-12(2)16(9-11)20-17(21)15-8-7-14(10-18-15)19-13-5-6-13/h3-4,7-10,13,19H,5-6H2,1-2H3,(H,20,21). The van der Waals surface area contributed by atoms with Gasteiger partial charge < -0.3 is 10.6 Å². The van der Waals surface area contributed by atoms with Crippen molar-refractivity contribution < 1.29 is 4.79 Å². The lowest BCUT2D eigenvalue weighted by atomic mass is 10.1. The van der Waals surface area contributed by atoms with E-state index in [2.05, 4.69) is 15.6 Å². The number of hydrogen-bond acceptors (Lipinski definition) is 3. The number of amides is 1. The Balaban J connectivity index is 1.70. The fraction of sp³-hybridized carbons (Fsp3) is 0.294. The second-order valence-electron chi connectivity index (χ2n) is 5.62. The Morgan fingerprint density at radius 3 is 2.67 bits per heavy atom. The van der Waals surface area contributed by atoms with E-state index in [0.29, 0.717) is 11.7 Å². The number of nitrogens with one attached hydrogen (secondary N) is 2. The molecular formula is C17H19N3O. The molecule has 4 nitrogen and oxygen atoms in total. The van der Waals surface area contributed by atoms with Gasteiger partial charge in [0.05, 0.1) is 11.9 Å². The molecular weight excluding hydrogens is 262 g/mol.